The first-order valence-corrected chi connectivity index (χ1v) is 8.86. The van der Waals surface area contributed by atoms with Gasteiger partial charge in [0.15, 0.2) is 0 Å². The van der Waals surface area contributed by atoms with Gasteiger partial charge in [-0.2, -0.15) is 5.10 Å². The number of allylic oxidation sites excluding steroid dienone is 1. The van der Waals surface area contributed by atoms with Gasteiger partial charge >= 0.3 is 0 Å². The maximum absolute atomic E-state index is 12.3. The summed E-state index contributed by atoms with van der Waals surface area (Å²) >= 11 is 0. The highest BCUT2D eigenvalue weighted by Gasteiger charge is 2.34. The van der Waals surface area contributed by atoms with E-state index >= 15 is 0 Å². The number of hydrogen-bond donors (Lipinski definition) is 2. The summed E-state index contributed by atoms with van der Waals surface area (Å²) in [7, 11) is 0. The average molecular weight is 356 g/mol. The zero-order valence-electron chi connectivity index (χ0n) is 15.0. The number of nitrogens with one attached hydrogen (secondary N) is 2. The van der Waals surface area contributed by atoms with Gasteiger partial charge in [0.1, 0.15) is 0 Å². The fourth-order valence-electron chi connectivity index (χ4n) is 3.80. The predicted octanol–water partition coefficient (Wildman–Crippen LogP) is 4.01. The van der Waals surface area contributed by atoms with Gasteiger partial charge in [0.05, 0.1) is 23.0 Å². The fraction of sp³-hybridized carbons (Fsp3) is 0.136. The van der Waals surface area contributed by atoms with Crippen molar-refractivity contribution < 1.29 is 0 Å². The molecular weight excluding hydrogens is 336 g/mol. The summed E-state index contributed by atoms with van der Waals surface area (Å²) in [6, 6.07) is 15.9. The molecule has 2 atom stereocenters. The summed E-state index contributed by atoms with van der Waals surface area (Å²) < 4.78 is 0. The minimum atomic E-state index is -0.176. The van der Waals surface area contributed by atoms with Gasteiger partial charge in [0.25, 0.3) is 5.56 Å². The second-order valence-corrected chi connectivity index (χ2v) is 6.46. The third-order valence-corrected chi connectivity index (χ3v) is 5.01. The van der Waals surface area contributed by atoms with Crippen molar-refractivity contribution in [3.63, 3.8) is 0 Å². The quantitative estimate of drug-likeness (QED) is 0.548. The van der Waals surface area contributed by atoms with Crippen LogP contribution in [0.3, 0.4) is 0 Å². The molecule has 1 aromatic heterocycles. The summed E-state index contributed by atoms with van der Waals surface area (Å²) in [5.74, 6) is -0.0545. The Morgan fingerprint density at radius 1 is 1.19 bits per heavy atom. The van der Waals surface area contributed by atoms with Gasteiger partial charge in [-0.25, -0.2) is 5.10 Å². The maximum Gasteiger partial charge on any atom is 0.272 e. The van der Waals surface area contributed by atoms with E-state index in [0.29, 0.717) is 5.39 Å². The van der Waals surface area contributed by atoms with Crippen LogP contribution in [0, 0.1) is 0 Å². The Balaban J connectivity index is 1.99. The second-order valence-electron chi connectivity index (χ2n) is 6.46. The first-order chi connectivity index (χ1) is 13.2. The van der Waals surface area contributed by atoms with Gasteiger partial charge in [-0.05, 0) is 43.0 Å². The van der Waals surface area contributed by atoms with Crippen LogP contribution in [0.25, 0.3) is 10.8 Å². The highest BCUT2D eigenvalue weighted by Crippen LogP contribution is 2.42. The van der Waals surface area contributed by atoms with Crippen molar-refractivity contribution in [3.8, 4) is 0 Å². The lowest BCUT2D eigenvalue weighted by atomic mass is 9.79. The van der Waals surface area contributed by atoms with Crippen LogP contribution in [0.1, 0.15) is 24.1 Å². The van der Waals surface area contributed by atoms with Crippen molar-refractivity contribution in [2.45, 2.75) is 18.9 Å². The van der Waals surface area contributed by atoms with Crippen molar-refractivity contribution in [3.05, 3.63) is 94.1 Å². The zero-order chi connectivity index (χ0) is 18.8. The SMILES string of the molecule is C=NC=CC(=CC)C1Nc2cccc3c(=O)[nH]nc(c23)C1c1ccccc1. The molecule has 5 nitrogen and oxygen atoms in total. The lowest BCUT2D eigenvalue weighted by Crippen LogP contribution is -2.35. The molecule has 2 N–H and O–H groups in total. The van der Waals surface area contributed by atoms with Crippen LogP contribution in [0.2, 0.25) is 0 Å². The van der Waals surface area contributed by atoms with E-state index in [9.17, 15) is 4.79 Å². The van der Waals surface area contributed by atoms with Gasteiger partial charge in [-0.15, -0.1) is 0 Å². The Kier molecular flexibility index (Phi) is 4.42. The van der Waals surface area contributed by atoms with E-state index in [1.807, 2.05) is 49.4 Å². The number of hydrogen-bond acceptors (Lipinski definition) is 4. The Bertz CT molecular complexity index is 1110. The first-order valence-electron chi connectivity index (χ1n) is 8.86. The van der Waals surface area contributed by atoms with E-state index in [0.717, 1.165) is 27.9 Å². The molecule has 2 aromatic carbocycles. The summed E-state index contributed by atoms with van der Waals surface area (Å²) in [4.78, 5) is 16.1. The predicted molar refractivity (Wildman–Crippen MR) is 111 cm³/mol. The molecule has 0 spiro atoms. The molecule has 0 radical (unpaired) electrons. The molecule has 0 fully saturated rings. The van der Waals surface area contributed by atoms with E-state index in [1.165, 1.54) is 0 Å². The number of H-pyrrole nitrogens is 1. The number of aromatic nitrogens is 2. The van der Waals surface area contributed by atoms with E-state index in [-0.39, 0.29) is 17.5 Å². The van der Waals surface area contributed by atoms with Crippen LogP contribution >= 0.6 is 0 Å². The van der Waals surface area contributed by atoms with Crippen molar-refractivity contribution in [1.29, 1.82) is 0 Å². The number of aliphatic imine (C=N–C) groups is 1. The minimum absolute atomic E-state index is 0.0492. The summed E-state index contributed by atoms with van der Waals surface area (Å²) in [6.07, 6.45) is 5.71. The first kappa shape index (κ1) is 17.0. The summed E-state index contributed by atoms with van der Waals surface area (Å²) in [5.41, 5.74) is 3.81. The van der Waals surface area contributed by atoms with E-state index in [2.05, 4.69) is 45.4 Å². The molecule has 27 heavy (non-hydrogen) atoms. The van der Waals surface area contributed by atoms with Crippen molar-refractivity contribution in [2.75, 3.05) is 5.32 Å². The van der Waals surface area contributed by atoms with Crippen molar-refractivity contribution in [1.82, 2.24) is 10.2 Å². The molecule has 4 rings (SSSR count). The molecule has 0 saturated heterocycles. The Morgan fingerprint density at radius 2 is 2.00 bits per heavy atom. The molecule has 0 amide bonds. The van der Waals surface area contributed by atoms with Gasteiger partial charge in [0.2, 0.25) is 0 Å². The third kappa shape index (κ3) is 2.87. The number of nitrogens with zero attached hydrogens (tertiary/aromatic N) is 2. The number of benzene rings is 2. The van der Waals surface area contributed by atoms with Crippen LogP contribution in [0.15, 0.2) is 82.2 Å². The van der Waals surface area contributed by atoms with Crippen LogP contribution < -0.4 is 10.9 Å². The Morgan fingerprint density at radius 3 is 2.74 bits per heavy atom. The van der Waals surface area contributed by atoms with Crippen LogP contribution in [-0.2, 0) is 0 Å². The molecule has 0 bridgehead atoms. The lowest BCUT2D eigenvalue weighted by Gasteiger charge is -2.35. The van der Waals surface area contributed by atoms with E-state index in [1.54, 1.807) is 6.20 Å². The van der Waals surface area contributed by atoms with Gasteiger partial charge in [-0.3, -0.25) is 9.79 Å². The normalized spacial score (nSPS) is 19.2. The molecule has 3 aromatic rings. The largest absolute Gasteiger partial charge is 0.377 e. The average Bonchev–Trinajstić information content (AvgIpc) is 2.71. The molecule has 1 aliphatic rings. The third-order valence-electron chi connectivity index (χ3n) is 5.01. The molecule has 2 heterocycles. The van der Waals surface area contributed by atoms with E-state index in [4.69, 9.17) is 0 Å². The van der Waals surface area contributed by atoms with Gasteiger partial charge in [-0.1, -0.05) is 42.5 Å². The summed E-state index contributed by atoms with van der Waals surface area (Å²) in [5, 5.41) is 12.3. The van der Waals surface area contributed by atoms with Crippen molar-refractivity contribution >= 4 is 23.2 Å². The Hall–Kier alpha value is -3.47. The molecule has 1 aliphatic heterocycles. The highest BCUT2D eigenvalue weighted by atomic mass is 16.1. The molecular formula is C22H20N4O. The minimum Gasteiger partial charge on any atom is -0.377 e. The standard InChI is InChI=1S/C22H20N4O/c1-3-14(12-13-23-2)20-18(15-8-5-4-6-9-15)21-19-16(22(27)26-25-21)10-7-11-17(19)24-20/h3-13,18,20,24H,2H2,1H3,(H,26,27). The van der Waals surface area contributed by atoms with Crippen molar-refractivity contribution in [2.24, 2.45) is 4.99 Å². The maximum atomic E-state index is 12.3. The lowest BCUT2D eigenvalue weighted by molar-refractivity contribution is 0.678. The number of aromatic amines is 1. The molecule has 0 saturated carbocycles. The molecule has 5 heteroatoms. The molecule has 2 unspecified atom stereocenters. The van der Waals surface area contributed by atoms with Crippen LogP contribution in [0.5, 0.6) is 0 Å². The van der Waals surface area contributed by atoms with Crippen LogP contribution in [-0.4, -0.2) is 23.0 Å². The summed E-state index contributed by atoms with van der Waals surface area (Å²) in [6.45, 7) is 5.53. The van der Waals surface area contributed by atoms with Gasteiger partial charge in [0, 0.05) is 17.3 Å². The fourth-order valence-corrected chi connectivity index (χ4v) is 3.80. The van der Waals surface area contributed by atoms with E-state index < -0.39 is 0 Å². The second kappa shape index (κ2) is 7.03. The number of rotatable bonds is 4. The molecule has 134 valence electrons. The molecule has 0 aliphatic carbocycles. The smallest absolute Gasteiger partial charge is 0.272 e. The zero-order valence-corrected chi connectivity index (χ0v) is 15.0. The number of anilines is 1. The topological polar surface area (TPSA) is 70.1 Å². The van der Waals surface area contributed by atoms with Gasteiger partial charge < -0.3 is 5.32 Å². The Labute approximate surface area is 157 Å². The highest BCUT2D eigenvalue weighted by molar-refractivity contribution is 5.97. The monoisotopic (exact) mass is 356 g/mol. The van der Waals surface area contributed by atoms with Crippen LogP contribution in [0.4, 0.5) is 5.69 Å².